The average molecular weight is 498 g/mol. The van der Waals surface area contributed by atoms with Gasteiger partial charge < -0.3 is 19.7 Å². The van der Waals surface area contributed by atoms with Crippen LogP contribution in [0.1, 0.15) is 78.4 Å². The number of Topliss-reactive ketones (excluding diaryl/α,β-unsaturated/α-hetero) is 1. The molecule has 2 fully saturated rings. The number of rotatable bonds is 1. The minimum atomic E-state index is -1.24. The second kappa shape index (κ2) is 10.2. The predicted octanol–water partition coefficient (Wildman–Crippen LogP) is 4.53. The van der Waals surface area contributed by atoms with Crippen molar-refractivity contribution < 1.29 is 29.3 Å². The minimum Gasteiger partial charge on any atom is -0.457 e. The molecule has 4 rings (SSSR count). The molecule has 2 N–H and O–H groups in total. The van der Waals surface area contributed by atoms with E-state index in [1.807, 2.05) is 37.3 Å². The van der Waals surface area contributed by atoms with Crippen molar-refractivity contribution in [2.75, 3.05) is 0 Å². The standard InChI is InChI=1S/C29H39NO6/c1-17-8-6-12-29(5)24(36-29)15-22(20-10-11-21-19(14-20)9-7-13-30-21)35-25(32)16-23(31)28(3,4)27(34)18(2)26(17)33/h7,9-11,13-14,17-18,22-24,26,31,33H,6,8,12,15-16H2,1-5H3/t17-,18+,22-,23-,24-,26-,29+/m0/s1. The molecule has 1 aromatic heterocycles. The number of ether oxygens (including phenoxy) is 2. The van der Waals surface area contributed by atoms with Gasteiger partial charge in [0.15, 0.2) is 0 Å². The number of epoxide rings is 1. The quantitative estimate of drug-likeness (QED) is 0.440. The fourth-order valence-electron chi connectivity index (χ4n) is 5.51. The summed E-state index contributed by atoms with van der Waals surface area (Å²) >= 11 is 0. The summed E-state index contributed by atoms with van der Waals surface area (Å²) in [7, 11) is 0. The normalized spacial score (nSPS) is 36.2. The molecule has 2 aliphatic heterocycles. The van der Waals surface area contributed by atoms with Gasteiger partial charge in [-0.25, -0.2) is 0 Å². The van der Waals surface area contributed by atoms with Gasteiger partial charge in [-0.15, -0.1) is 0 Å². The second-order valence-electron chi connectivity index (χ2n) is 11.5. The maximum Gasteiger partial charge on any atom is 0.309 e. The second-order valence-corrected chi connectivity index (χ2v) is 11.5. The Morgan fingerprint density at radius 1 is 1.08 bits per heavy atom. The average Bonchev–Trinajstić information content (AvgIpc) is 3.49. The molecule has 0 spiro atoms. The Bertz CT molecular complexity index is 1120. The lowest BCUT2D eigenvalue weighted by Gasteiger charge is -2.34. The molecule has 0 radical (unpaired) electrons. The van der Waals surface area contributed by atoms with Crippen LogP contribution in [0.5, 0.6) is 0 Å². The van der Waals surface area contributed by atoms with Crippen LogP contribution < -0.4 is 0 Å². The molecule has 0 bridgehead atoms. The summed E-state index contributed by atoms with van der Waals surface area (Å²) < 4.78 is 12.0. The highest BCUT2D eigenvalue weighted by molar-refractivity contribution is 5.88. The number of cyclic esters (lactones) is 1. The number of nitrogens with zero attached hydrogens (tertiary/aromatic N) is 1. The van der Waals surface area contributed by atoms with E-state index in [1.165, 1.54) is 0 Å². The third-order valence-electron chi connectivity index (χ3n) is 8.41. The predicted molar refractivity (Wildman–Crippen MR) is 136 cm³/mol. The number of esters is 1. The van der Waals surface area contributed by atoms with Gasteiger partial charge in [0.05, 0.1) is 41.3 Å². The fraction of sp³-hybridized carbons (Fsp3) is 0.621. The maximum atomic E-state index is 13.3. The van der Waals surface area contributed by atoms with Gasteiger partial charge in [0, 0.05) is 23.9 Å². The van der Waals surface area contributed by atoms with E-state index in [0.29, 0.717) is 6.42 Å². The molecule has 196 valence electrons. The molecule has 36 heavy (non-hydrogen) atoms. The van der Waals surface area contributed by atoms with Crippen LogP contribution >= 0.6 is 0 Å². The molecule has 7 heteroatoms. The lowest BCUT2D eigenvalue weighted by atomic mass is 9.73. The summed E-state index contributed by atoms with van der Waals surface area (Å²) in [5, 5.41) is 22.7. The van der Waals surface area contributed by atoms with E-state index in [-0.39, 0.29) is 29.8 Å². The molecule has 3 heterocycles. The molecule has 7 atom stereocenters. The van der Waals surface area contributed by atoms with Crippen LogP contribution in [0.25, 0.3) is 10.9 Å². The molecular weight excluding hydrogens is 458 g/mol. The zero-order chi connectivity index (χ0) is 26.3. The first kappa shape index (κ1) is 26.7. The molecule has 2 aromatic rings. The first-order valence-electron chi connectivity index (χ1n) is 13.0. The number of fused-ring (bicyclic) bond motifs is 2. The van der Waals surface area contributed by atoms with Crippen LogP contribution in [0.4, 0.5) is 0 Å². The maximum absolute atomic E-state index is 13.3. The largest absolute Gasteiger partial charge is 0.457 e. The molecule has 0 unspecified atom stereocenters. The molecular formula is C29H39NO6. The van der Waals surface area contributed by atoms with Crippen LogP contribution in [0.2, 0.25) is 0 Å². The van der Waals surface area contributed by atoms with Crippen molar-refractivity contribution in [3.63, 3.8) is 0 Å². The van der Waals surface area contributed by atoms with Gasteiger partial charge in [0.2, 0.25) is 0 Å². The first-order chi connectivity index (χ1) is 16.9. The number of carbonyl (C=O) groups is 2. The Labute approximate surface area is 213 Å². The number of pyridine rings is 1. The third-order valence-corrected chi connectivity index (χ3v) is 8.41. The zero-order valence-electron chi connectivity index (χ0n) is 21.9. The molecule has 2 saturated heterocycles. The molecule has 1 aromatic carbocycles. The van der Waals surface area contributed by atoms with Gasteiger partial charge in [-0.3, -0.25) is 14.6 Å². The van der Waals surface area contributed by atoms with Crippen molar-refractivity contribution in [2.24, 2.45) is 17.3 Å². The van der Waals surface area contributed by atoms with Crippen molar-refractivity contribution in [3.8, 4) is 0 Å². The first-order valence-corrected chi connectivity index (χ1v) is 13.0. The SMILES string of the molecule is C[C@H]1CCC[C@@]2(C)O[C@H]2C[C@@H](c2ccc3ncccc3c2)OC(=O)C[C@H](O)C(C)(C)C(=O)[C@H](C)[C@H]1O. The molecule has 0 amide bonds. The zero-order valence-corrected chi connectivity index (χ0v) is 21.9. The summed E-state index contributed by atoms with van der Waals surface area (Å²) in [5.74, 6) is -1.57. The van der Waals surface area contributed by atoms with E-state index in [0.717, 1.165) is 35.7 Å². The molecule has 7 nitrogen and oxygen atoms in total. The smallest absolute Gasteiger partial charge is 0.309 e. The Morgan fingerprint density at radius 3 is 2.58 bits per heavy atom. The van der Waals surface area contributed by atoms with E-state index < -0.39 is 35.6 Å². The third kappa shape index (κ3) is 5.48. The van der Waals surface area contributed by atoms with Gasteiger partial charge >= 0.3 is 5.97 Å². The Morgan fingerprint density at radius 2 is 1.83 bits per heavy atom. The summed E-state index contributed by atoms with van der Waals surface area (Å²) in [4.78, 5) is 30.7. The topological polar surface area (TPSA) is 109 Å². The van der Waals surface area contributed by atoms with Gasteiger partial charge in [0.1, 0.15) is 11.9 Å². The van der Waals surface area contributed by atoms with Crippen LogP contribution in [0.3, 0.4) is 0 Å². The highest BCUT2D eigenvalue weighted by Crippen LogP contribution is 2.46. The number of hydrogen-bond donors (Lipinski definition) is 2. The monoisotopic (exact) mass is 497 g/mol. The minimum absolute atomic E-state index is 0.0603. The van der Waals surface area contributed by atoms with Crippen molar-refractivity contribution >= 4 is 22.7 Å². The Kier molecular flexibility index (Phi) is 7.56. The number of carbonyl (C=O) groups excluding carboxylic acids is 2. The highest BCUT2D eigenvalue weighted by atomic mass is 16.6. The molecule has 2 aliphatic rings. The molecule has 0 saturated carbocycles. The summed E-state index contributed by atoms with van der Waals surface area (Å²) in [5.41, 5.74) is 0.180. The number of aromatic nitrogens is 1. The van der Waals surface area contributed by atoms with Gasteiger partial charge in [-0.05, 0) is 49.4 Å². The number of benzene rings is 1. The number of hydrogen-bond acceptors (Lipinski definition) is 7. The number of ketones is 1. The van der Waals surface area contributed by atoms with E-state index in [4.69, 9.17) is 9.47 Å². The van der Waals surface area contributed by atoms with Crippen LogP contribution in [0.15, 0.2) is 36.5 Å². The lowest BCUT2D eigenvalue weighted by Crippen LogP contribution is -2.45. The summed E-state index contributed by atoms with van der Waals surface area (Å²) in [6.45, 7) is 8.98. The van der Waals surface area contributed by atoms with E-state index in [2.05, 4.69) is 11.9 Å². The van der Waals surface area contributed by atoms with Crippen LogP contribution in [0, 0.1) is 17.3 Å². The Hall–Kier alpha value is -2.35. The lowest BCUT2D eigenvalue weighted by molar-refractivity contribution is -0.156. The summed E-state index contributed by atoms with van der Waals surface area (Å²) in [6.07, 6.45) is 1.70. The number of aliphatic hydroxyl groups excluding tert-OH is 2. The molecule has 0 aliphatic carbocycles. The van der Waals surface area contributed by atoms with Crippen molar-refractivity contribution in [2.45, 2.75) is 96.7 Å². The van der Waals surface area contributed by atoms with Gasteiger partial charge in [-0.2, -0.15) is 0 Å². The van der Waals surface area contributed by atoms with Crippen molar-refractivity contribution in [1.29, 1.82) is 0 Å². The van der Waals surface area contributed by atoms with Crippen molar-refractivity contribution in [1.82, 2.24) is 4.98 Å². The number of aliphatic hydroxyl groups is 2. The Balaban J connectivity index is 1.62. The van der Waals surface area contributed by atoms with Gasteiger partial charge in [0.25, 0.3) is 0 Å². The van der Waals surface area contributed by atoms with Gasteiger partial charge in [-0.1, -0.05) is 46.2 Å². The van der Waals surface area contributed by atoms with E-state index in [1.54, 1.807) is 27.0 Å². The van der Waals surface area contributed by atoms with E-state index in [9.17, 15) is 19.8 Å². The van der Waals surface area contributed by atoms with Crippen LogP contribution in [-0.4, -0.2) is 50.9 Å². The highest BCUT2D eigenvalue weighted by Gasteiger charge is 2.53. The van der Waals surface area contributed by atoms with E-state index >= 15 is 0 Å². The fourth-order valence-corrected chi connectivity index (χ4v) is 5.51. The van der Waals surface area contributed by atoms with Crippen LogP contribution in [-0.2, 0) is 19.1 Å². The van der Waals surface area contributed by atoms with Crippen molar-refractivity contribution in [3.05, 3.63) is 42.1 Å². The summed E-state index contributed by atoms with van der Waals surface area (Å²) in [6, 6.07) is 9.64.